The van der Waals surface area contributed by atoms with Crippen molar-refractivity contribution < 1.29 is 42.3 Å². The molecule has 2 heterocycles. The Bertz CT molecular complexity index is 256. The zero-order valence-electron chi connectivity index (χ0n) is 6.33. The molecular formula is C3B2O9. The smallest absolute Gasteiger partial charge is 0.430 e. The minimum absolute atomic E-state index is 0.964. The molecule has 14 heavy (non-hydrogen) atoms. The summed E-state index contributed by atoms with van der Waals surface area (Å²) in [6, 6.07) is 0. The first kappa shape index (κ1) is 8.53. The van der Waals surface area contributed by atoms with Crippen molar-refractivity contribution >= 4 is 33.1 Å². The lowest BCUT2D eigenvalue weighted by molar-refractivity contribution is 0.0194. The summed E-state index contributed by atoms with van der Waals surface area (Å²) < 4.78 is 24.9. The van der Waals surface area contributed by atoms with E-state index in [0.717, 1.165) is 0 Å². The van der Waals surface area contributed by atoms with Crippen molar-refractivity contribution in [3.8, 4) is 0 Å². The topological polar surface area (TPSA) is 107 Å². The average molecular weight is 202 g/mol. The van der Waals surface area contributed by atoms with Gasteiger partial charge in [-0.3, -0.25) is 0 Å². The van der Waals surface area contributed by atoms with Crippen molar-refractivity contribution in [1.29, 1.82) is 0 Å². The van der Waals surface area contributed by atoms with Crippen LogP contribution in [0.5, 0.6) is 0 Å². The fraction of sp³-hybridized carbons (Fsp3) is 0. The molecule has 9 nitrogen and oxygen atoms in total. The molecule has 2 aliphatic rings. The maximum absolute atomic E-state index is 10.7. The minimum atomic E-state index is -1.43. The fourth-order valence-electron chi connectivity index (χ4n) is 0.613. The van der Waals surface area contributed by atoms with Crippen LogP contribution in [-0.4, -0.2) is 33.1 Å². The maximum Gasteiger partial charge on any atom is 0.877 e. The molecular weight excluding hydrogens is 202 g/mol. The molecule has 0 aliphatic carbocycles. The first-order valence-electron chi connectivity index (χ1n) is 3.25. The van der Waals surface area contributed by atoms with Gasteiger partial charge < -0.3 is 27.9 Å². The van der Waals surface area contributed by atoms with E-state index in [2.05, 4.69) is 27.9 Å². The molecule has 2 fully saturated rings. The first-order valence-corrected chi connectivity index (χ1v) is 3.25. The Hall–Kier alpha value is -2.06. The van der Waals surface area contributed by atoms with Gasteiger partial charge >= 0.3 is 33.1 Å². The van der Waals surface area contributed by atoms with E-state index in [1.165, 1.54) is 0 Å². The lowest BCUT2D eigenvalue weighted by atomic mass is 10.2. The van der Waals surface area contributed by atoms with E-state index in [1.807, 2.05) is 0 Å². The van der Waals surface area contributed by atoms with Crippen molar-refractivity contribution in [2.75, 3.05) is 0 Å². The summed E-state index contributed by atoms with van der Waals surface area (Å²) in [6.45, 7) is 0. The second-order valence-electron chi connectivity index (χ2n) is 2.03. The van der Waals surface area contributed by atoms with Crippen molar-refractivity contribution in [2.24, 2.45) is 0 Å². The summed E-state index contributed by atoms with van der Waals surface area (Å²) in [4.78, 5) is 30.8. The second kappa shape index (κ2) is 3.01. The van der Waals surface area contributed by atoms with Crippen LogP contribution in [0.15, 0.2) is 0 Å². The molecule has 72 valence electrons. The lowest BCUT2D eigenvalue weighted by Gasteiger charge is -2.21. The molecule has 0 unspecified atom stereocenters. The van der Waals surface area contributed by atoms with E-state index in [-0.39, 0.29) is 0 Å². The van der Waals surface area contributed by atoms with Crippen molar-refractivity contribution in [3.63, 3.8) is 0 Å². The zero-order valence-corrected chi connectivity index (χ0v) is 6.33. The molecule has 0 bridgehead atoms. The van der Waals surface area contributed by atoms with Gasteiger partial charge in [0.05, 0.1) is 0 Å². The summed E-state index contributed by atoms with van der Waals surface area (Å²) in [5.74, 6) is 0. The Morgan fingerprint density at radius 3 is 1.57 bits per heavy atom. The Kier molecular flexibility index (Phi) is 1.84. The molecule has 0 amide bonds. The second-order valence-corrected chi connectivity index (χ2v) is 2.03. The van der Waals surface area contributed by atoms with Gasteiger partial charge in [-0.25, -0.2) is 14.4 Å². The summed E-state index contributed by atoms with van der Waals surface area (Å²) >= 11 is 0. The zero-order chi connectivity index (χ0) is 10.1. The van der Waals surface area contributed by atoms with Gasteiger partial charge in [0.25, 0.3) is 0 Å². The van der Waals surface area contributed by atoms with E-state index in [1.54, 1.807) is 0 Å². The summed E-state index contributed by atoms with van der Waals surface area (Å²) in [6.07, 6.45) is -3.19. The van der Waals surface area contributed by atoms with Gasteiger partial charge in [-0.2, -0.15) is 0 Å². The highest BCUT2D eigenvalue weighted by Gasteiger charge is 2.51. The van der Waals surface area contributed by atoms with Crippen LogP contribution in [0, 0.1) is 0 Å². The number of hydrogen-bond acceptors (Lipinski definition) is 9. The summed E-state index contributed by atoms with van der Waals surface area (Å²) in [7, 11) is -2.85. The van der Waals surface area contributed by atoms with Crippen molar-refractivity contribution in [3.05, 3.63) is 0 Å². The Morgan fingerprint density at radius 2 is 1.29 bits per heavy atom. The largest absolute Gasteiger partial charge is 0.877 e. The van der Waals surface area contributed by atoms with E-state index < -0.39 is 33.1 Å². The van der Waals surface area contributed by atoms with Gasteiger partial charge in [0.2, 0.25) is 0 Å². The average Bonchev–Trinajstić information content (AvgIpc) is 1.98. The van der Waals surface area contributed by atoms with Crippen LogP contribution >= 0.6 is 0 Å². The molecule has 0 radical (unpaired) electrons. The van der Waals surface area contributed by atoms with E-state index >= 15 is 0 Å². The Labute approximate surface area is 76.5 Å². The van der Waals surface area contributed by atoms with Crippen LogP contribution in [0.3, 0.4) is 0 Å². The Balaban J connectivity index is 1.64. The lowest BCUT2D eigenvalue weighted by Crippen LogP contribution is -2.48. The van der Waals surface area contributed by atoms with Gasteiger partial charge in [0.1, 0.15) is 0 Å². The minimum Gasteiger partial charge on any atom is -0.430 e. The molecule has 2 rings (SSSR count). The van der Waals surface area contributed by atoms with Crippen LogP contribution in [0.2, 0.25) is 0 Å². The van der Waals surface area contributed by atoms with Gasteiger partial charge in [0, 0.05) is 0 Å². The maximum atomic E-state index is 10.7. The first-order chi connectivity index (χ1) is 6.63. The standard InChI is InChI=1S/C3B2O9/c6-1-9-4(10-1)13-3(8)14-5-11-2(7)12-5. The SMILES string of the molecule is O=C1OB(OC(=O)OB2OC(=O)O2)O1. The molecule has 0 N–H and O–H groups in total. The van der Waals surface area contributed by atoms with E-state index in [4.69, 9.17) is 0 Å². The molecule has 0 aromatic carbocycles. The number of carbonyl (C=O) groups is 3. The molecule has 0 atom stereocenters. The predicted octanol–water partition coefficient (Wildman–Crippen LogP) is -0.557. The van der Waals surface area contributed by atoms with Gasteiger partial charge in [-0.1, -0.05) is 0 Å². The normalized spacial score (nSPS) is 17.7. The quantitative estimate of drug-likeness (QED) is 0.544. The molecule has 0 spiro atoms. The van der Waals surface area contributed by atoms with Gasteiger partial charge in [-0.15, -0.1) is 0 Å². The molecule has 11 heteroatoms. The third kappa shape index (κ3) is 1.65. The number of rotatable bonds is 2. The molecule has 2 aliphatic heterocycles. The summed E-state index contributed by atoms with van der Waals surface area (Å²) in [5.41, 5.74) is 0. The molecule has 0 saturated carbocycles. The van der Waals surface area contributed by atoms with Crippen LogP contribution in [0.4, 0.5) is 14.4 Å². The highest BCUT2D eigenvalue weighted by Crippen LogP contribution is 2.11. The van der Waals surface area contributed by atoms with Crippen LogP contribution < -0.4 is 0 Å². The number of carbonyl (C=O) groups excluding carboxylic acids is 3. The molecule has 0 aromatic heterocycles. The van der Waals surface area contributed by atoms with Crippen molar-refractivity contribution in [2.45, 2.75) is 0 Å². The van der Waals surface area contributed by atoms with E-state index in [9.17, 15) is 14.4 Å². The molecule has 2 saturated heterocycles. The highest BCUT2D eigenvalue weighted by atomic mass is 17.0. The third-order valence-corrected chi connectivity index (χ3v) is 1.15. The van der Waals surface area contributed by atoms with Crippen LogP contribution in [0.1, 0.15) is 0 Å². The van der Waals surface area contributed by atoms with Crippen LogP contribution in [0.25, 0.3) is 0 Å². The highest BCUT2D eigenvalue weighted by molar-refractivity contribution is 6.51. The van der Waals surface area contributed by atoms with Crippen LogP contribution in [-0.2, 0) is 27.9 Å². The van der Waals surface area contributed by atoms with Gasteiger partial charge in [-0.05, 0) is 0 Å². The van der Waals surface area contributed by atoms with Crippen molar-refractivity contribution in [1.82, 2.24) is 0 Å². The number of hydrogen-bond donors (Lipinski definition) is 0. The van der Waals surface area contributed by atoms with E-state index in [0.29, 0.717) is 0 Å². The molecule has 0 aromatic rings. The summed E-state index contributed by atoms with van der Waals surface area (Å²) in [5, 5.41) is 0. The monoisotopic (exact) mass is 202 g/mol. The predicted molar refractivity (Wildman–Crippen MR) is 34.2 cm³/mol. The third-order valence-electron chi connectivity index (χ3n) is 1.15. The van der Waals surface area contributed by atoms with Gasteiger partial charge in [0.15, 0.2) is 0 Å². The fourth-order valence-corrected chi connectivity index (χ4v) is 0.613. The Morgan fingerprint density at radius 1 is 0.929 bits per heavy atom.